The van der Waals surface area contributed by atoms with Crippen molar-refractivity contribution in [2.24, 2.45) is 0 Å². The van der Waals surface area contributed by atoms with Gasteiger partial charge in [0.05, 0.1) is 6.04 Å². The molecule has 0 unspecified atom stereocenters. The minimum absolute atomic E-state index is 0.241. The lowest BCUT2D eigenvalue weighted by molar-refractivity contribution is 0.738. The topological polar surface area (TPSA) is 37.8 Å². The lowest BCUT2D eigenvalue weighted by Gasteiger charge is -2.17. The van der Waals surface area contributed by atoms with Gasteiger partial charge in [0.15, 0.2) is 0 Å². The zero-order chi connectivity index (χ0) is 12.1. The van der Waals surface area contributed by atoms with Gasteiger partial charge in [0, 0.05) is 16.9 Å². The van der Waals surface area contributed by atoms with Gasteiger partial charge in [0.1, 0.15) is 0 Å². The second kappa shape index (κ2) is 5.77. The van der Waals surface area contributed by atoms with Crippen LogP contribution in [0.4, 0.5) is 5.95 Å². The van der Waals surface area contributed by atoms with Crippen LogP contribution in [-0.4, -0.2) is 9.97 Å². The average Bonchev–Trinajstić information content (AvgIpc) is 2.38. The maximum atomic E-state index is 4.18. The molecule has 1 heterocycles. The first-order chi connectivity index (χ1) is 8.29. The van der Waals surface area contributed by atoms with Gasteiger partial charge in [-0.1, -0.05) is 35.0 Å². The van der Waals surface area contributed by atoms with E-state index in [0.717, 1.165) is 10.9 Å². The molecule has 2 rings (SSSR count). The van der Waals surface area contributed by atoms with E-state index in [1.54, 1.807) is 12.4 Å². The number of rotatable bonds is 4. The first kappa shape index (κ1) is 12.0. The van der Waals surface area contributed by atoms with Gasteiger partial charge in [-0.3, -0.25) is 0 Å². The van der Waals surface area contributed by atoms with Crippen molar-refractivity contribution < 1.29 is 0 Å². The minimum atomic E-state index is 0.241. The molecule has 1 aromatic heterocycles. The van der Waals surface area contributed by atoms with E-state index in [2.05, 4.69) is 50.3 Å². The van der Waals surface area contributed by atoms with Crippen molar-refractivity contribution in [1.82, 2.24) is 9.97 Å². The van der Waals surface area contributed by atoms with E-state index >= 15 is 0 Å². The number of hydrogen-bond donors (Lipinski definition) is 1. The van der Waals surface area contributed by atoms with Crippen LogP contribution in [0.2, 0.25) is 0 Å². The molecule has 88 valence electrons. The summed E-state index contributed by atoms with van der Waals surface area (Å²) in [5.74, 6) is 0.669. The molecule has 0 aliphatic carbocycles. The van der Waals surface area contributed by atoms with Crippen LogP contribution in [0.15, 0.2) is 47.2 Å². The lowest BCUT2D eigenvalue weighted by atomic mass is 10.1. The van der Waals surface area contributed by atoms with E-state index in [9.17, 15) is 0 Å². The van der Waals surface area contributed by atoms with Gasteiger partial charge in [-0.05, 0) is 30.2 Å². The molecule has 0 spiro atoms. The average molecular weight is 292 g/mol. The highest BCUT2D eigenvalue weighted by Crippen LogP contribution is 2.22. The molecule has 3 nitrogen and oxygen atoms in total. The third-order valence-electron chi connectivity index (χ3n) is 2.55. The fourth-order valence-electron chi connectivity index (χ4n) is 1.65. The molecule has 0 amide bonds. The fourth-order valence-corrected chi connectivity index (χ4v) is 1.91. The summed E-state index contributed by atoms with van der Waals surface area (Å²) in [6, 6.07) is 10.4. The van der Waals surface area contributed by atoms with E-state index in [-0.39, 0.29) is 6.04 Å². The Hall–Kier alpha value is -1.42. The van der Waals surface area contributed by atoms with Crippen LogP contribution < -0.4 is 5.32 Å². The predicted octanol–water partition coefficient (Wildman–Crippen LogP) is 3.80. The second-order valence-corrected chi connectivity index (χ2v) is 4.64. The first-order valence-corrected chi connectivity index (χ1v) is 6.38. The molecule has 0 saturated heterocycles. The van der Waals surface area contributed by atoms with Crippen LogP contribution >= 0.6 is 15.9 Å². The van der Waals surface area contributed by atoms with Gasteiger partial charge < -0.3 is 5.32 Å². The van der Waals surface area contributed by atoms with Gasteiger partial charge in [-0.15, -0.1) is 0 Å². The van der Waals surface area contributed by atoms with Crippen LogP contribution in [0.3, 0.4) is 0 Å². The van der Waals surface area contributed by atoms with E-state index in [1.165, 1.54) is 5.56 Å². The van der Waals surface area contributed by atoms with Crippen LogP contribution in [0.25, 0.3) is 0 Å². The smallest absolute Gasteiger partial charge is 0.223 e. The molecule has 0 aliphatic rings. The molecular weight excluding hydrogens is 278 g/mol. The standard InChI is InChI=1S/C13H14BrN3/c1-2-12(10-4-6-11(14)7-5-10)17-13-15-8-3-9-16-13/h3-9,12H,2H2,1H3,(H,15,16,17)/t12-/m0/s1. The third kappa shape index (κ3) is 3.27. The number of nitrogens with zero attached hydrogens (tertiary/aromatic N) is 2. The van der Waals surface area contributed by atoms with Crippen molar-refractivity contribution in [3.05, 3.63) is 52.8 Å². The Morgan fingerprint density at radius 1 is 1.18 bits per heavy atom. The third-order valence-corrected chi connectivity index (χ3v) is 3.08. The minimum Gasteiger partial charge on any atom is -0.347 e. The molecule has 0 aliphatic heterocycles. The predicted molar refractivity (Wildman–Crippen MR) is 72.8 cm³/mol. The Bertz CT molecular complexity index is 456. The van der Waals surface area contributed by atoms with Crippen LogP contribution in [0.5, 0.6) is 0 Å². The van der Waals surface area contributed by atoms with Gasteiger partial charge >= 0.3 is 0 Å². The summed E-state index contributed by atoms with van der Waals surface area (Å²) in [5, 5.41) is 3.33. The molecular formula is C13H14BrN3. The number of benzene rings is 1. The quantitative estimate of drug-likeness (QED) is 0.931. The van der Waals surface area contributed by atoms with E-state index in [0.29, 0.717) is 5.95 Å². The van der Waals surface area contributed by atoms with Gasteiger partial charge in [0.25, 0.3) is 0 Å². The molecule has 1 atom stereocenters. The molecule has 0 saturated carbocycles. The van der Waals surface area contributed by atoms with E-state index in [4.69, 9.17) is 0 Å². The summed E-state index contributed by atoms with van der Waals surface area (Å²) in [5.41, 5.74) is 1.24. The number of nitrogens with one attached hydrogen (secondary N) is 1. The number of anilines is 1. The van der Waals surface area contributed by atoms with Crippen molar-refractivity contribution in [3.8, 4) is 0 Å². The maximum absolute atomic E-state index is 4.18. The Kier molecular flexibility index (Phi) is 4.09. The largest absolute Gasteiger partial charge is 0.347 e. The summed E-state index contributed by atoms with van der Waals surface area (Å²) in [4.78, 5) is 8.36. The first-order valence-electron chi connectivity index (χ1n) is 5.58. The van der Waals surface area contributed by atoms with E-state index < -0.39 is 0 Å². The van der Waals surface area contributed by atoms with Crippen LogP contribution in [0, 0.1) is 0 Å². The summed E-state index contributed by atoms with van der Waals surface area (Å²) >= 11 is 3.44. The monoisotopic (exact) mass is 291 g/mol. The molecule has 17 heavy (non-hydrogen) atoms. The molecule has 0 radical (unpaired) electrons. The van der Waals surface area contributed by atoms with Crippen molar-refractivity contribution in [2.75, 3.05) is 5.32 Å². The maximum Gasteiger partial charge on any atom is 0.223 e. The zero-order valence-corrected chi connectivity index (χ0v) is 11.2. The molecule has 4 heteroatoms. The van der Waals surface area contributed by atoms with Crippen molar-refractivity contribution in [1.29, 1.82) is 0 Å². The van der Waals surface area contributed by atoms with Crippen molar-refractivity contribution in [3.63, 3.8) is 0 Å². The second-order valence-electron chi connectivity index (χ2n) is 3.73. The molecule has 0 fully saturated rings. The van der Waals surface area contributed by atoms with Gasteiger partial charge in [0.2, 0.25) is 5.95 Å². The number of halogens is 1. The zero-order valence-electron chi connectivity index (χ0n) is 9.60. The Balaban J connectivity index is 2.14. The SMILES string of the molecule is CC[C@H](Nc1ncccn1)c1ccc(Br)cc1. The van der Waals surface area contributed by atoms with Crippen molar-refractivity contribution >= 4 is 21.9 Å². The molecule has 1 N–H and O–H groups in total. The Labute approximate surface area is 109 Å². The number of aromatic nitrogens is 2. The summed E-state index contributed by atoms with van der Waals surface area (Å²) in [6.45, 7) is 2.14. The number of hydrogen-bond acceptors (Lipinski definition) is 3. The normalized spacial score (nSPS) is 12.1. The van der Waals surface area contributed by atoms with Crippen LogP contribution in [-0.2, 0) is 0 Å². The highest BCUT2D eigenvalue weighted by atomic mass is 79.9. The Morgan fingerprint density at radius 3 is 2.41 bits per heavy atom. The summed E-state index contributed by atoms with van der Waals surface area (Å²) in [7, 11) is 0. The summed E-state index contributed by atoms with van der Waals surface area (Å²) < 4.78 is 1.09. The van der Waals surface area contributed by atoms with Crippen molar-refractivity contribution in [2.45, 2.75) is 19.4 Å². The van der Waals surface area contributed by atoms with Crippen LogP contribution in [0.1, 0.15) is 24.9 Å². The molecule has 0 bridgehead atoms. The highest BCUT2D eigenvalue weighted by Gasteiger charge is 2.09. The Morgan fingerprint density at radius 2 is 1.82 bits per heavy atom. The highest BCUT2D eigenvalue weighted by molar-refractivity contribution is 9.10. The lowest BCUT2D eigenvalue weighted by Crippen LogP contribution is -2.11. The van der Waals surface area contributed by atoms with E-state index in [1.807, 2.05) is 18.2 Å². The molecule has 2 aromatic rings. The fraction of sp³-hybridized carbons (Fsp3) is 0.231. The summed E-state index contributed by atoms with van der Waals surface area (Å²) in [6.07, 6.45) is 4.47. The molecule has 1 aromatic carbocycles. The van der Waals surface area contributed by atoms with Gasteiger partial charge in [-0.2, -0.15) is 0 Å². The van der Waals surface area contributed by atoms with Gasteiger partial charge in [-0.25, -0.2) is 9.97 Å².